The maximum atomic E-state index is 12.7. The summed E-state index contributed by atoms with van der Waals surface area (Å²) in [5.74, 6) is 0.569. The Balaban J connectivity index is 1.49. The van der Waals surface area contributed by atoms with Gasteiger partial charge in [-0.15, -0.1) is 11.3 Å². The summed E-state index contributed by atoms with van der Waals surface area (Å²) in [6.45, 7) is 0. The number of fused-ring (bicyclic) bond motifs is 2. The lowest BCUT2D eigenvalue weighted by Gasteiger charge is -2.12. The van der Waals surface area contributed by atoms with Gasteiger partial charge < -0.3 is 19.2 Å². The van der Waals surface area contributed by atoms with Crippen molar-refractivity contribution in [3.05, 3.63) is 39.2 Å². The molecule has 170 valence electrons. The molecule has 0 saturated heterocycles. The Morgan fingerprint density at radius 1 is 0.875 bits per heavy atom. The van der Waals surface area contributed by atoms with Crippen LogP contribution in [0.3, 0.4) is 0 Å². The van der Waals surface area contributed by atoms with E-state index in [2.05, 4.69) is 15.8 Å². The molecule has 9 heteroatoms. The lowest BCUT2D eigenvalue weighted by Crippen LogP contribution is -2.41. The first-order valence-electron chi connectivity index (χ1n) is 10.6. The summed E-state index contributed by atoms with van der Waals surface area (Å²) in [4.78, 5) is 30.3. The standard InChI is InChI=1S/C23H27N3O5S/c1-29-16-11-14-10-15(24-19(14)21(31-3)20(16)30-2)22(27)25-26-23(28)18-12-13-8-6-4-5-7-9-17(13)32-18/h10-12,24H,4-9H2,1-3H3,(H,25,27)(H,26,28). The summed E-state index contributed by atoms with van der Waals surface area (Å²) in [5.41, 5.74) is 7.15. The fraction of sp³-hybridized carbons (Fsp3) is 0.391. The lowest BCUT2D eigenvalue weighted by molar-refractivity contribution is 0.0846. The smallest absolute Gasteiger partial charge is 0.286 e. The van der Waals surface area contributed by atoms with Gasteiger partial charge in [-0.1, -0.05) is 12.8 Å². The topological polar surface area (TPSA) is 102 Å². The molecular formula is C23H27N3O5S. The van der Waals surface area contributed by atoms with Crippen LogP contribution < -0.4 is 25.1 Å². The first-order valence-corrected chi connectivity index (χ1v) is 11.4. The van der Waals surface area contributed by atoms with Gasteiger partial charge in [-0.05, 0) is 49.4 Å². The van der Waals surface area contributed by atoms with Gasteiger partial charge in [-0.25, -0.2) is 0 Å². The number of H-pyrrole nitrogens is 1. The predicted molar refractivity (Wildman–Crippen MR) is 123 cm³/mol. The number of amides is 2. The fourth-order valence-electron chi connectivity index (χ4n) is 4.07. The summed E-state index contributed by atoms with van der Waals surface area (Å²) >= 11 is 1.51. The van der Waals surface area contributed by atoms with Crippen LogP contribution in [0.5, 0.6) is 17.2 Å². The molecule has 1 aliphatic carbocycles. The molecule has 3 N–H and O–H groups in total. The Hall–Kier alpha value is -3.20. The molecule has 32 heavy (non-hydrogen) atoms. The van der Waals surface area contributed by atoms with E-state index in [0.717, 1.165) is 25.7 Å². The van der Waals surface area contributed by atoms with E-state index in [9.17, 15) is 9.59 Å². The van der Waals surface area contributed by atoms with E-state index >= 15 is 0 Å². The Labute approximate surface area is 190 Å². The molecule has 2 amide bonds. The highest BCUT2D eigenvalue weighted by Crippen LogP contribution is 2.43. The van der Waals surface area contributed by atoms with Crippen LogP contribution in [0.2, 0.25) is 0 Å². The Morgan fingerprint density at radius 3 is 2.31 bits per heavy atom. The third kappa shape index (κ3) is 4.25. The number of aromatic nitrogens is 1. The Kier molecular flexibility index (Phi) is 6.55. The van der Waals surface area contributed by atoms with Crippen LogP contribution in [-0.2, 0) is 12.8 Å². The van der Waals surface area contributed by atoms with Crippen LogP contribution in [0.1, 0.15) is 56.3 Å². The second kappa shape index (κ2) is 9.52. The minimum absolute atomic E-state index is 0.271. The summed E-state index contributed by atoms with van der Waals surface area (Å²) in [6, 6.07) is 5.38. The number of methoxy groups -OCH3 is 3. The molecule has 0 radical (unpaired) electrons. The molecule has 0 spiro atoms. The number of thiophene rings is 1. The fourth-order valence-corrected chi connectivity index (χ4v) is 5.21. The minimum Gasteiger partial charge on any atom is -0.493 e. The number of hydrogen-bond donors (Lipinski definition) is 3. The van der Waals surface area contributed by atoms with Gasteiger partial charge in [0.1, 0.15) is 5.69 Å². The summed E-state index contributed by atoms with van der Waals surface area (Å²) in [6.07, 6.45) is 6.81. The molecular weight excluding hydrogens is 430 g/mol. The van der Waals surface area contributed by atoms with Gasteiger partial charge in [0.15, 0.2) is 11.5 Å². The number of ether oxygens (including phenoxy) is 3. The maximum absolute atomic E-state index is 12.7. The number of rotatable bonds is 5. The van der Waals surface area contributed by atoms with Crippen LogP contribution in [0.25, 0.3) is 10.9 Å². The van der Waals surface area contributed by atoms with Gasteiger partial charge in [0.05, 0.1) is 31.7 Å². The molecule has 0 fully saturated rings. The Bertz CT molecular complexity index is 1120. The van der Waals surface area contributed by atoms with E-state index in [1.54, 1.807) is 12.1 Å². The average molecular weight is 458 g/mol. The van der Waals surface area contributed by atoms with Crippen molar-refractivity contribution >= 4 is 34.1 Å². The molecule has 0 unspecified atom stereocenters. The van der Waals surface area contributed by atoms with Crippen LogP contribution in [0.15, 0.2) is 18.2 Å². The van der Waals surface area contributed by atoms with Crippen molar-refractivity contribution in [3.63, 3.8) is 0 Å². The van der Waals surface area contributed by atoms with Gasteiger partial charge in [0.2, 0.25) is 5.75 Å². The molecule has 4 rings (SSSR count). The molecule has 2 heterocycles. The maximum Gasteiger partial charge on any atom is 0.286 e. The summed E-state index contributed by atoms with van der Waals surface area (Å²) in [5, 5.41) is 0.717. The number of carbonyl (C=O) groups is 2. The van der Waals surface area contributed by atoms with Crippen LogP contribution in [-0.4, -0.2) is 38.1 Å². The van der Waals surface area contributed by atoms with Crippen molar-refractivity contribution in [1.29, 1.82) is 0 Å². The molecule has 1 aliphatic rings. The highest BCUT2D eigenvalue weighted by atomic mass is 32.1. The van der Waals surface area contributed by atoms with Crippen LogP contribution in [0.4, 0.5) is 0 Å². The molecule has 0 saturated carbocycles. The van der Waals surface area contributed by atoms with Gasteiger partial charge in [-0.3, -0.25) is 20.4 Å². The number of carbonyl (C=O) groups excluding carboxylic acids is 2. The van der Waals surface area contributed by atoms with E-state index in [-0.39, 0.29) is 11.6 Å². The van der Waals surface area contributed by atoms with Gasteiger partial charge >= 0.3 is 0 Å². The third-order valence-corrected chi connectivity index (χ3v) is 6.91. The average Bonchev–Trinajstić information content (AvgIpc) is 3.39. The molecule has 8 nitrogen and oxygen atoms in total. The van der Waals surface area contributed by atoms with E-state index in [0.29, 0.717) is 33.0 Å². The van der Waals surface area contributed by atoms with Crippen LogP contribution >= 0.6 is 11.3 Å². The summed E-state index contributed by atoms with van der Waals surface area (Å²) < 4.78 is 16.2. The van der Waals surface area contributed by atoms with Gasteiger partial charge in [0.25, 0.3) is 11.8 Å². The first-order chi connectivity index (χ1) is 15.5. The van der Waals surface area contributed by atoms with E-state index in [1.807, 2.05) is 6.07 Å². The van der Waals surface area contributed by atoms with Gasteiger partial charge in [-0.2, -0.15) is 0 Å². The zero-order valence-corrected chi connectivity index (χ0v) is 19.2. The number of aryl methyl sites for hydroxylation is 2. The normalized spacial score (nSPS) is 13.6. The molecule has 0 aliphatic heterocycles. The van der Waals surface area contributed by atoms with Gasteiger partial charge in [0, 0.05) is 10.3 Å². The molecule has 1 aromatic carbocycles. The number of benzene rings is 1. The third-order valence-electron chi connectivity index (χ3n) is 5.67. The second-order valence-corrected chi connectivity index (χ2v) is 8.81. The number of hydrogen-bond acceptors (Lipinski definition) is 6. The Morgan fingerprint density at radius 2 is 1.59 bits per heavy atom. The van der Waals surface area contributed by atoms with E-state index in [1.165, 1.54) is 55.9 Å². The quantitative estimate of drug-likeness (QED) is 0.503. The monoisotopic (exact) mass is 457 g/mol. The highest BCUT2D eigenvalue weighted by molar-refractivity contribution is 7.14. The molecule has 0 bridgehead atoms. The number of hydrazine groups is 1. The van der Waals surface area contributed by atoms with Crippen molar-refractivity contribution in [2.45, 2.75) is 38.5 Å². The second-order valence-electron chi connectivity index (χ2n) is 7.67. The zero-order valence-electron chi connectivity index (χ0n) is 18.4. The molecule has 2 aromatic heterocycles. The lowest BCUT2D eigenvalue weighted by atomic mass is 10.00. The largest absolute Gasteiger partial charge is 0.493 e. The van der Waals surface area contributed by atoms with Crippen molar-refractivity contribution in [2.75, 3.05) is 21.3 Å². The van der Waals surface area contributed by atoms with Crippen LogP contribution in [0, 0.1) is 0 Å². The van der Waals surface area contributed by atoms with Crippen molar-refractivity contribution in [1.82, 2.24) is 15.8 Å². The first kappa shape index (κ1) is 22.0. The number of nitrogens with one attached hydrogen (secondary N) is 3. The van der Waals surface area contributed by atoms with E-state index < -0.39 is 5.91 Å². The predicted octanol–water partition coefficient (Wildman–Crippen LogP) is 3.99. The van der Waals surface area contributed by atoms with Crippen molar-refractivity contribution in [2.24, 2.45) is 0 Å². The SMILES string of the molecule is COc1cc2cc(C(=O)NNC(=O)c3cc4c(s3)CCCCCC4)[nH]c2c(OC)c1OC. The van der Waals surface area contributed by atoms with Crippen molar-refractivity contribution < 1.29 is 23.8 Å². The molecule has 0 atom stereocenters. The molecule has 3 aromatic rings. The summed E-state index contributed by atoms with van der Waals surface area (Å²) in [7, 11) is 4.57. The van der Waals surface area contributed by atoms with E-state index in [4.69, 9.17) is 14.2 Å². The van der Waals surface area contributed by atoms with Crippen molar-refractivity contribution in [3.8, 4) is 17.2 Å². The zero-order chi connectivity index (χ0) is 22.7. The number of aromatic amines is 1. The highest BCUT2D eigenvalue weighted by Gasteiger charge is 2.21. The minimum atomic E-state index is -0.468.